The summed E-state index contributed by atoms with van der Waals surface area (Å²) in [6.45, 7) is 0. The highest BCUT2D eigenvalue weighted by Gasteiger charge is 2.45. The van der Waals surface area contributed by atoms with E-state index in [2.05, 4.69) is 15.9 Å². The summed E-state index contributed by atoms with van der Waals surface area (Å²) < 4.78 is 73.0. The van der Waals surface area contributed by atoms with E-state index in [1.807, 2.05) is 0 Å². The van der Waals surface area contributed by atoms with Gasteiger partial charge in [0, 0.05) is 0 Å². The summed E-state index contributed by atoms with van der Waals surface area (Å²) in [5.74, 6) is -0.902. The molecule has 0 aliphatic rings. The third-order valence-electron chi connectivity index (χ3n) is 1.71. The molecule has 1 nitrogen and oxygen atoms in total. The molecule has 0 atom stereocenters. The number of alkyl halides is 6. The van der Waals surface area contributed by atoms with Crippen LogP contribution in [0.25, 0.3) is 0 Å². The van der Waals surface area contributed by atoms with E-state index in [-0.39, 0.29) is 6.07 Å². The summed E-state index contributed by atoms with van der Waals surface area (Å²) in [6, 6.07) is 0.727. The van der Waals surface area contributed by atoms with E-state index < -0.39 is 33.7 Å². The van der Waals surface area contributed by atoms with E-state index in [9.17, 15) is 26.3 Å². The van der Waals surface area contributed by atoms with E-state index in [1.165, 1.54) is 0 Å². The summed E-state index contributed by atoms with van der Waals surface area (Å²) in [4.78, 5) is 0. The minimum atomic E-state index is -5.21. The van der Waals surface area contributed by atoms with Crippen LogP contribution in [0.2, 0.25) is 0 Å². The summed E-state index contributed by atoms with van der Waals surface area (Å²) in [6.07, 6.45) is -10.3. The van der Waals surface area contributed by atoms with Crippen molar-refractivity contribution in [3.63, 3.8) is 0 Å². The Balaban J connectivity index is 3.59. The van der Waals surface area contributed by atoms with Crippen LogP contribution in [-0.4, -0.2) is 5.11 Å². The SMILES string of the molecule is Oc1ccc(C(F)(F)F)c(C(F)(F)F)c1Br. The molecule has 0 radical (unpaired) electrons. The van der Waals surface area contributed by atoms with Gasteiger partial charge >= 0.3 is 12.4 Å². The predicted molar refractivity (Wildman–Crippen MR) is 45.8 cm³/mol. The summed E-state index contributed by atoms with van der Waals surface area (Å²) >= 11 is 2.29. The molecule has 0 heterocycles. The lowest BCUT2D eigenvalue weighted by molar-refractivity contribution is -0.162. The average molecular weight is 309 g/mol. The van der Waals surface area contributed by atoms with E-state index in [0.29, 0.717) is 6.07 Å². The molecular weight excluding hydrogens is 306 g/mol. The molecular formula is C8H3BrF6O. The third kappa shape index (κ3) is 2.42. The standard InChI is InChI=1S/C8H3BrF6O/c9-6-4(16)2-1-3(7(10,11)12)5(6)8(13,14)15/h1-2,16H. The first-order valence-corrected chi connectivity index (χ1v) is 4.50. The first-order chi connectivity index (χ1) is 7.05. The van der Waals surface area contributed by atoms with Crippen molar-refractivity contribution in [1.29, 1.82) is 0 Å². The van der Waals surface area contributed by atoms with Gasteiger partial charge in [0.25, 0.3) is 0 Å². The van der Waals surface area contributed by atoms with Crippen LogP contribution in [0.5, 0.6) is 5.75 Å². The van der Waals surface area contributed by atoms with Crippen LogP contribution < -0.4 is 0 Å². The Morgan fingerprint density at radius 2 is 1.44 bits per heavy atom. The zero-order chi connectivity index (χ0) is 12.7. The van der Waals surface area contributed by atoms with Gasteiger partial charge in [-0.05, 0) is 28.1 Å². The fourth-order valence-electron chi connectivity index (χ4n) is 1.08. The van der Waals surface area contributed by atoms with E-state index in [1.54, 1.807) is 0 Å². The van der Waals surface area contributed by atoms with Crippen LogP contribution in [0.15, 0.2) is 16.6 Å². The molecule has 1 rings (SSSR count). The molecule has 0 aliphatic heterocycles. The lowest BCUT2D eigenvalue weighted by Gasteiger charge is -2.17. The van der Waals surface area contributed by atoms with Crippen LogP contribution in [0.3, 0.4) is 0 Å². The molecule has 0 spiro atoms. The van der Waals surface area contributed by atoms with Gasteiger partial charge in [0.15, 0.2) is 0 Å². The predicted octanol–water partition coefficient (Wildman–Crippen LogP) is 4.19. The molecule has 8 heteroatoms. The smallest absolute Gasteiger partial charge is 0.418 e. The zero-order valence-corrected chi connectivity index (χ0v) is 8.83. The van der Waals surface area contributed by atoms with Crippen LogP contribution in [0, 0.1) is 0 Å². The van der Waals surface area contributed by atoms with Crippen LogP contribution >= 0.6 is 15.9 Å². The Hall–Kier alpha value is -0.920. The quantitative estimate of drug-likeness (QED) is 0.712. The van der Waals surface area contributed by atoms with Crippen molar-refractivity contribution < 1.29 is 31.4 Å². The van der Waals surface area contributed by atoms with Gasteiger partial charge in [0.05, 0.1) is 15.6 Å². The van der Waals surface area contributed by atoms with Crippen molar-refractivity contribution in [3.05, 3.63) is 27.7 Å². The maximum absolute atomic E-state index is 12.4. The summed E-state index contributed by atoms with van der Waals surface area (Å²) in [7, 11) is 0. The van der Waals surface area contributed by atoms with Gasteiger partial charge in [-0.2, -0.15) is 26.3 Å². The van der Waals surface area contributed by atoms with Gasteiger partial charge in [0.1, 0.15) is 5.75 Å². The molecule has 0 aromatic heterocycles. The number of phenols is 1. The Morgan fingerprint density at radius 3 is 1.81 bits per heavy atom. The monoisotopic (exact) mass is 308 g/mol. The van der Waals surface area contributed by atoms with Crippen LogP contribution in [-0.2, 0) is 12.4 Å². The lowest BCUT2D eigenvalue weighted by Crippen LogP contribution is -2.17. The highest BCUT2D eigenvalue weighted by atomic mass is 79.9. The second kappa shape index (κ2) is 3.83. The number of benzene rings is 1. The second-order valence-electron chi connectivity index (χ2n) is 2.82. The Labute approximate surface area is 93.8 Å². The molecule has 16 heavy (non-hydrogen) atoms. The highest BCUT2D eigenvalue weighted by Crippen LogP contribution is 2.46. The minimum Gasteiger partial charge on any atom is -0.507 e. The van der Waals surface area contributed by atoms with Crippen molar-refractivity contribution in [2.24, 2.45) is 0 Å². The maximum Gasteiger partial charge on any atom is 0.418 e. The first kappa shape index (κ1) is 13.1. The molecule has 0 saturated heterocycles. The molecule has 1 N–H and O–H groups in total. The van der Waals surface area contributed by atoms with Crippen LogP contribution in [0.1, 0.15) is 11.1 Å². The lowest BCUT2D eigenvalue weighted by atomic mass is 10.1. The Bertz CT molecular complexity index is 408. The fourth-order valence-corrected chi connectivity index (χ4v) is 1.65. The van der Waals surface area contributed by atoms with Gasteiger partial charge in [-0.25, -0.2) is 0 Å². The van der Waals surface area contributed by atoms with Crippen LogP contribution in [0.4, 0.5) is 26.3 Å². The van der Waals surface area contributed by atoms with Crippen molar-refractivity contribution in [2.75, 3.05) is 0 Å². The second-order valence-corrected chi connectivity index (χ2v) is 3.61. The molecule has 0 amide bonds. The number of aromatic hydroxyl groups is 1. The van der Waals surface area contributed by atoms with Gasteiger partial charge < -0.3 is 5.11 Å². The normalized spacial score (nSPS) is 12.9. The van der Waals surface area contributed by atoms with Gasteiger partial charge in [-0.1, -0.05) is 0 Å². The van der Waals surface area contributed by atoms with E-state index in [0.717, 1.165) is 0 Å². The van der Waals surface area contributed by atoms with Crippen molar-refractivity contribution in [1.82, 2.24) is 0 Å². The van der Waals surface area contributed by atoms with E-state index in [4.69, 9.17) is 5.11 Å². The van der Waals surface area contributed by atoms with Crippen molar-refractivity contribution >= 4 is 15.9 Å². The molecule has 1 aromatic carbocycles. The summed E-state index contributed by atoms with van der Waals surface area (Å²) in [5, 5.41) is 8.94. The molecule has 0 unspecified atom stereocenters. The van der Waals surface area contributed by atoms with Gasteiger partial charge in [-0.3, -0.25) is 0 Å². The Morgan fingerprint density at radius 1 is 0.938 bits per heavy atom. The first-order valence-electron chi connectivity index (χ1n) is 3.71. The molecule has 0 saturated carbocycles. The number of phenolic OH excluding ortho intramolecular Hbond substituents is 1. The maximum atomic E-state index is 12.4. The molecule has 90 valence electrons. The topological polar surface area (TPSA) is 20.2 Å². The van der Waals surface area contributed by atoms with Crippen molar-refractivity contribution in [2.45, 2.75) is 12.4 Å². The summed E-state index contributed by atoms with van der Waals surface area (Å²) in [5.41, 5.74) is -3.77. The number of hydrogen-bond donors (Lipinski definition) is 1. The molecule has 0 aliphatic carbocycles. The van der Waals surface area contributed by atoms with Gasteiger partial charge in [0.2, 0.25) is 0 Å². The minimum absolute atomic E-state index is 0.183. The third-order valence-corrected chi connectivity index (χ3v) is 2.51. The average Bonchev–Trinajstić information content (AvgIpc) is 2.05. The largest absolute Gasteiger partial charge is 0.507 e. The molecule has 0 fully saturated rings. The van der Waals surface area contributed by atoms with E-state index >= 15 is 0 Å². The number of halogens is 7. The fraction of sp³-hybridized carbons (Fsp3) is 0.250. The van der Waals surface area contributed by atoms with Gasteiger partial charge in [-0.15, -0.1) is 0 Å². The number of hydrogen-bond acceptors (Lipinski definition) is 1. The molecule has 1 aromatic rings. The number of rotatable bonds is 0. The highest BCUT2D eigenvalue weighted by molar-refractivity contribution is 9.10. The van der Waals surface area contributed by atoms with Crippen molar-refractivity contribution in [3.8, 4) is 5.75 Å². The Kier molecular flexibility index (Phi) is 3.15. The zero-order valence-electron chi connectivity index (χ0n) is 7.25. The molecule has 0 bridgehead atoms.